The van der Waals surface area contributed by atoms with Gasteiger partial charge in [0, 0.05) is 0 Å². The molecule has 23 heavy (non-hydrogen) atoms. The predicted molar refractivity (Wildman–Crippen MR) is 79.0 cm³/mol. The molecule has 128 valence electrons. The maximum absolute atomic E-state index is 12.1. The second-order valence-corrected chi connectivity index (χ2v) is 7.80. The average molecular weight is 344 g/mol. The Hall–Kier alpha value is -1.03. The second-order valence-electron chi connectivity index (χ2n) is 6.19. The molecule has 2 aliphatic rings. The van der Waals surface area contributed by atoms with Crippen molar-refractivity contribution in [1.82, 2.24) is 0 Å². The Morgan fingerprint density at radius 3 is 2.48 bits per heavy atom. The normalized spacial score (nSPS) is 32.9. The summed E-state index contributed by atoms with van der Waals surface area (Å²) in [5, 5.41) is 10.2. The van der Waals surface area contributed by atoms with Crippen LogP contribution >= 0.6 is 0 Å². The van der Waals surface area contributed by atoms with Gasteiger partial charge in [-0.15, -0.1) is 0 Å². The van der Waals surface area contributed by atoms with Crippen molar-refractivity contribution in [3.8, 4) is 0 Å². The minimum Gasteiger partial charge on any atom is -0.387 e. The first kappa shape index (κ1) is 16.8. The third-order valence-corrected chi connectivity index (χ3v) is 5.11. The van der Waals surface area contributed by atoms with E-state index in [-0.39, 0.29) is 11.5 Å². The highest BCUT2D eigenvalue weighted by molar-refractivity contribution is 7.86. The van der Waals surface area contributed by atoms with E-state index < -0.39 is 40.5 Å². The molecule has 3 rings (SSSR count). The summed E-state index contributed by atoms with van der Waals surface area (Å²) >= 11 is 0. The van der Waals surface area contributed by atoms with Gasteiger partial charge in [-0.25, -0.2) is 0 Å². The first-order valence-electron chi connectivity index (χ1n) is 7.33. The third-order valence-electron chi connectivity index (χ3n) is 3.81. The molecule has 0 radical (unpaired) electrons. The number of hydrogen-bond donors (Lipinski definition) is 1. The van der Waals surface area contributed by atoms with E-state index in [4.69, 9.17) is 18.4 Å². The van der Waals surface area contributed by atoms with E-state index in [2.05, 4.69) is 0 Å². The van der Waals surface area contributed by atoms with E-state index in [0.717, 1.165) is 5.56 Å². The van der Waals surface area contributed by atoms with Gasteiger partial charge in [0.05, 0.1) is 11.5 Å². The van der Waals surface area contributed by atoms with Crippen LogP contribution in [0.15, 0.2) is 29.2 Å². The first-order valence-corrected chi connectivity index (χ1v) is 8.74. The molecule has 1 aromatic carbocycles. The minimum atomic E-state index is -3.91. The predicted octanol–water partition coefficient (Wildman–Crippen LogP) is 0.938. The summed E-state index contributed by atoms with van der Waals surface area (Å²) < 4.78 is 45.8. The lowest BCUT2D eigenvalue weighted by molar-refractivity contribution is -0.217. The van der Waals surface area contributed by atoms with E-state index in [1.807, 2.05) is 6.92 Å². The van der Waals surface area contributed by atoms with E-state index in [1.165, 1.54) is 12.1 Å². The summed E-state index contributed by atoms with van der Waals surface area (Å²) in [5.41, 5.74) is 0.947. The molecule has 2 fully saturated rings. The Kier molecular flexibility index (Phi) is 4.24. The molecule has 0 saturated carbocycles. The maximum Gasteiger partial charge on any atom is 0.297 e. The van der Waals surface area contributed by atoms with Gasteiger partial charge in [-0.05, 0) is 32.9 Å². The molecular weight excluding hydrogens is 324 g/mol. The van der Waals surface area contributed by atoms with Gasteiger partial charge in [-0.2, -0.15) is 8.42 Å². The number of aliphatic hydroxyl groups excluding tert-OH is 1. The van der Waals surface area contributed by atoms with Crippen molar-refractivity contribution in [2.24, 2.45) is 0 Å². The Morgan fingerprint density at radius 1 is 1.22 bits per heavy atom. The van der Waals surface area contributed by atoms with Crippen molar-refractivity contribution in [3.63, 3.8) is 0 Å². The van der Waals surface area contributed by atoms with Crippen molar-refractivity contribution in [2.45, 2.75) is 56.1 Å². The highest BCUT2D eigenvalue weighted by atomic mass is 32.2. The molecule has 2 aliphatic heterocycles. The van der Waals surface area contributed by atoms with Crippen molar-refractivity contribution >= 4 is 10.1 Å². The summed E-state index contributed by atoms with van der Waals surface area (Å²) in [6.07, 6.45) is -3.23. The molecule has 1 N–H and O–H groups in total. The molecule has 2 saturated heterocycles. The monoisotopic (exact) mass is 344 g/mol. The largest absolute Gasteiger partial charge is 0.387 e. The van der Waals surface area contributed by atoms with Gasteiger partial charge >= 0.3 is 0 Å². The van der Waals surface area contributed by atoms with Crippen LogP contribution in [0.5, 0.6) is 0 Å². The van der Waals surface area contributed by atoms with E-state index >= 15 is 0 Å². The van der Waals surface area contributed by atoms with Gasteiger partial charge in [0.1, 0.15) is 18.3 Å². The van der Waals surface area contributed by atoms with Crippen molar-refractivity contribution < 1.29 is 31.9 Å². The number of aliphatic hydroxyl groups is 1. The fourth-order valence-corrected chi connectivity index (χ4v) is 3.54. The topological polar surface area (TPSA) is 91.3 Å². The molecule has 0 spiro atoms. The van der Waals surface area contributed by atoms with Crippen LogP contribution in [0.3, 0.4) is 0 Å². The lowest BCUT2D eigenvalue weighted by Gasteiger charge is -2.22. The van der Waals surface area contributed by atoms with Crippen molar-refractivity contribution in [2.75, 3.05) is 6.61 Å². The smallest absolute Gasteiger partial charge is 0.297 e. The molecule has 0 aromatic heterocycles. The summed E-state index contributed by atoms with van der Waals surface area (Å²) in [7, 11) is -3.91. The summed E-state index contributed by atoms with van der Waals surface area (Å²) in [5.74, 6) is -0.837. The number of rotatable bonds is 4. The molecular formula is C15H20O7S. The van der Waals surface area contributed by atoms with Crippen LogP contribution in [0.1, 0.15) is 19.4 Å². The number of benzene rings is 1. The van der Waals surface area contributed by atoms with Crippen LogP contribution in [0.4, 0.5) is 0 Å². The van der Waals surface area contributed by atoms with Gasteiger partial charge in [-0.3, -0.25) is 4.18 Å². The molecule has 0 amide bonds. The second kappa shape index (κ2) is 5.80. The van der Waals surface area contributed by atoms with Crippen LogP contribution < -0.4 is 0 Å². The number of fused-ring (bicyclic) bond motifs is 1. The van der Waals surface area contributed by atoms with Crippen molar-refractivity contribution in [3.05, 3.63) is 29.8 Å². The summed E-state index contributed by atoms with van der Waals surface area (Å²) in [4.78, 5) is 0.0596. The van der Waals surface area contributed by atoms with Crippen LogP contribution in [-0.2, 0) is 28.5 Å². The van der Waals surface area contributed by atoms with Crippen LogP contribution in [0.2, 0.25) is 0 Å². The average Bonchev–Trinajstić information content (AvgIpc) is 2.91. The highest BCUT2D eigenvalue weighted by Crippen LogP contribution is 2.37. The maximum atomic E-state index is 12.1. The van der Waals surface area contributed by atoms with Gasteiger partial charge in [0.15, 0.2) is 12.1 Å². The zero-order valence-corrected chi connectivity index (χ0v) is 13.9. The fourth-order valence-electron chi connectivity index (χ4n) is 2.63. The quantitative estimate of drug-likeness (QED) is 0.813. The minimum absolute atomic E-state index is 0.0596. The zero-order chi connectivity index (χ0) is 16.8. The lowest BCUT2D eigenvalue weighted by Crippen LogP contribution is -2.37. The Labute approximate surface area is 135 Å². The van der Waals surface area contributed by atoms with Crippen LogP contribution in [0.25, 0.3) is 0 Å². The SMILES string of the molecule is Cc1ccc(S(=O)(=O)OC[C@@H]2O[C@H]3OC(C)(C)O[C@@H]3[C@H]2O)cc1. The highest BCUT2D eigenvalue weighted by Gasteiger charge is 2.54. The van der Waals surface area contributed by atoms with Crippen LogP contribution in [-0.4, -0.2) is 50.5 Å². The summed E-state index contributed by atoms with van der Waals surface area (Å²) in [6.45, 7) is 4.99. The number of ether oxygens (including phenoxy) is 3. The zero-order valence-electron chi connectivity index (χ0n) is 13.1. The molecule has 4 atom stereocenters. The molecule has 0 unspecified atom stereocenters. The Bertz CT molecular complexity index is 668. The van der Waals surface area contributed by atoms with Crippen LogP contribution in [0, 0.1) is 6.92 Å². The third kappa shape index (κ3) is 3.42. The van der Waals surface area contributed by atoms with Crippen molar-refractivity contribution in [1.29, 1.82) is 0 Å². The van der Waals surface area contributed by atoms with Gasteiger partial charge in [0.25, 0.3) is 10.1 Å². The molecule has 0 aliphatic carbocycles. The first-order chi connectivity index (χ1) is 10.7. The number of aryl methyl sites for hydroxylation is 1. The number of hydrogen-bond acceptors (Lipinski definition) is 7. The Morgan fingerprint density at radius 2 is 1.87 bits per heavy atom. The van der Waals surface area contributed by atoms with E-state index in [0.29, 0.717) is 0 Å². The molecule has 8 heteroatoms. The van der Waals surface area contributed by atoms with E-state index in [9.17, 15) is 13.5 Å². The molecule has 0 bridgehead atoms. The molecule has 7 nitrogen and oxygen atoms in total. The lowest BCUT2D eigenvalue weighted by atomic mass is 10.1. The van der Waals surface area contributed by atoms with Gasteiger partial charge in [-0.1, -0.05) is 17.7 Å². The molecule has 2 heterocycles. The summed E-state index contributed by atoms with van der Waals surface area (Å²) in [6, 6.07) is 6.32. The standard InChI is InChI=1S/C15H20O7S/c1-9-4-6-10(7-5-9)23(17,18)19-8-11-12(16)13-14(20-11)22-15(2,3)21-13/h4-7,11-14,16H,8H2,1-3H3/t11-,12-,13+,14-/m0/s1. The Balaban J connectivity index is 1.62. The fraction of sp³-hybridized carbons (Fsp3) is 0.600. The van der Waals surface area contributed by atoms with Gasteiger partial charge < -0.3 is 19.3 Å². The van der Waals surface area contributed by atoms with E-state index in [1.54, 1.807) is 26.0 Å². The van der Waals surface area contributed by atoms with Gasteiger partial charge in [0.2, 0.25) is 0 Å². The molecule has 1 aromatic rings.